The molecule has 2 saturated carbocycles. The van der Waals surface area contributed by atoms with Crippen molar-refractivity contribution in [1.82, 2.24) is 19.9 Å². The van der Waals surface area contributed by atoms with Gasteiger partial charge < -0.3 is 9.80 Å². The van der Waals surface area contributed by atoms with E-state index in [-0.39, 0.29) is 0 Å². The number of hydrogen-bond acceptors (Lipinski definition) is 6. The lowest BCUT2D eigenvalue weighted by atomic mass is 10.1. The molecule has 4 fully saturated rings. The summed E-state index contributed by atoms with van der Waals surface area (Å²) in [6.07, 6.45) is 17.3. The van der Waals surface area contributed by atoms with Crippen molar-refractivity contribution in [2.45, 2.75) is 50.6 Å². The second-order valence-corrected chi connectivity index (χ2v) is 9.61. The lowest BCUT2D eigenvalue weighted by Crippen LogP contribution is -2.33. The average molecular weight is 455 g/mol. The molecule has 2 aromatic rings. The van der Waals surface area contributed by atoms with Gasteiger partial charge in [0.2, 0.25) is 11.9 Å². The van der Waals surface area contributed by atoms with Crippen LogP contribution < -0.4 is 9.80 Å². The van der Waals surface area contributed by atoms with Gasteiger partial charge in [0.1, 0.15) is 0 Å². The molecule has 2 aliphatic carbocycles. The predicted molar refractivity (Wildman–Crippen MR) is 119 cm³/mol. The maximum atomic E-state index is 4.39. The quantitative estimate of drug-likeness (QED) is 0.687. The summed E-state index contributed by atoms with van der Waals surface area (Å²) < 4.78 is 0.950. The summed E-state index contributed by atoms with van der Waals surface area (Å²) in [5, 5.41) is 0. The van der Waals surface area contributed by atoms with Crippen LogP contribution in [0.2, 0.25) is 0 Å². The van der Waals surface area contributed by atoms with Crippen LogP contribution in [-0.2, 0) is 0 Å². The highest BCUT2D eigenvalue weighted by molar-refractivity contribution is 9.10. The van der Waals surface area contributed by atoms with Gasteiger partial charge in [-0.3, -0.25) is 0 Å². The van der Waals surface area contributed by atoms with Crippen LogP contribution in [0, 0.1) is 11.8 Å². The second-order valence-electron chi connectivity index (χ2n) is 8.69. The molecule has 0 radical (unpaired) electrons. The third-order valence-electron chi connectivity index (χ3n) is 6.83. The smallest absolute Gasteiger partial charge is 0.225 e. The van der Waals surface area contributed by atoms with Crippen LogP contribution >= 0.6 is 15.9 Å². The molecule has 0 unspecified atom stereocenters. The number of rotatable bonds is 3. The van der Waals surface area contributed by atoms with Gasteiger partial charge in [0, 0.05) is 55.5 Å². The lowest BCUT2D eigenvalue weighted by Gasteiger charge is -2.26. The minimum absolute atomic E-state index is 0.699. The molecule has 152 valence electrons. The first-order chi connectivity index (χ1) is 14.2. The molecule has 4 atom stereocenters. The molecule has 2 saturated heterocycles. The van der Waals surface area contributed by atoms with Crippen molar-refractivity contribution in [2.24, 2.45) is 11.8 Å². The summed E-state index contributed by atoms with van der Waals surface area (Å²) in [4.78, 5) is 22.2. The zero-order valence-electron chi connectivity index (χ0n) is 16.6. The van der Waals surface area contributed by atoms with E-state index in [2.05, 4.69) is 52.2 Å². The van der Waals surface area contributed by atoms with E-state index in [1.165, 1.54) is 38.5 Å². The fraction of sp³-hybridized carbons (Fsp3) is 0.545. The summed E-state index contributed by atoms with van der Waals surface area (Å²) in [5.41, 5.74) is 0.989. The van der Waals surface area contributed by atoms with Gasteiger partial charge in [-0.2, -0.15) is 0 Å². The standard InChI is InChI=1S/C12H15N3.C10H12BrN3/c1-2-9-6-13-12(14-7-9)15-8-10-3-4-11(15)5-10;11-8-4-12-10(13-5-8)14-6-7-1-2-9(14)3-7/h2,6-7,10-11H,1,3-5,8H2;4-5,7,9H,1-3,6H2/t10-,11+;7-,9+/m00/s1. The number of hydrogen-bond donors (Lipinski definition) is 0. The van der Waals surface area contributed by atoms with Gasteiger partial charge >= 0.3 is 0 Å². The number of anilines is 2. The van der Waals surface area contributed by atoms with Crippen LogP contribution in [0.15, 0.2) is 35.8 Å². The minimum atomic E-state index is 0.699. The highest BCUT2D eigenvalue weighted by Crippen LogP contribution is 2.39. The van der Waals surface area contributed by atoms with Crippen LogP contribution in [0.5, 0.6) is 0 Å². The summed E-state index contributed by atoms with van der Waals surface area (Å²) in [7, 11) is 0. The molecule has 0 spiro atoms. The third kappa shape index (κ3) is 3.89. The van der Waals surface area contributed by atoms with Gasteiger partial charge in [-0.25, -0.2) is 19.9 Å². The number of fused-ring (bicyclic) bond motifs is 4. The zero-order valence-corrected chi connectivity index (χ0v) is 18.2. The van der Waals surface area contributed by atoms with Crippen LogP contribution in [-0.4, -0.2) is 45.1 Å². The SMILES string of the molecule is Brc1cnc(N2C[C@H]3CC[C@@H]2C3)nc1.C=Cc1cnc(N2C[C@H]3CC[C@@H]2C3)nc1. The van der Waals surface area contributed by atoms with Crippen molar-refractivity contribution in [1.29, 1.82) is 0 Å². The van der Waals surface area contributed by atoms with Crippen molar-refractivity contribution in [2.75, 3.05) is 22.9 Å². The topological polar surface area (TPSA) is 58.0 Å². The van der Waals surface area contributed by atoms with Gasteiger partial charge in [-0.05, 0) is 66.3 Å². The van der Waals surface area contributed by atoms with Gasteiger partial charge in [0.05, 0.1) is 4.47 Å². The second kappa shape index (κ2) is 8.01. The molecule has 4 heterocycles. The number of aromatic nitrogens is 4. The van der Waals surface area contributed by atoms with Gasteiger partial charge in [0.15, 0.2) is 0 Å². The van der Waals surface area contributed by atoms with Gasteiger partial charge in [-0.1, -0.05) is 12.7 Å². The molecule has 6 rings (SSSR count). The zero-order chi connectivity index (χ0) is 19.8. The molecule has 0 amide bonds. The summed E-state index contributed by atoms with van der Waals surface area (Å²) in [5.74, 6) is 3.58. The molecule has 7 heteroatoms. The van der Waals surface area contributed by atoms with E-state index in [0.717, 1.165) is 46.9 Å². The Bertz CT molecular complexity index is 855. The van der Waals surface area contributed by atoms with E-state index < -0.39 is 0 Å². The first kappa shape index (κ1) is 19.0. The largest absolute Gasteiger partial charge is 0.338 e. The van der Waals surface area contributed by atoms with Crippen molar-refractivity contribution in [3.63, 3.8) is 0 Å². The van der Waals surface area contributed by atoms with E-state index in [9.17, 15) is 0 Å². The first-order valence-electron chi connectivity index (χ1n) is 10.6. The molecule has 4 aliphatic rings. The molecule has 29 heavy (non-hydrogen) atoms. The Kier molecular flexibility index (Phi) is 5.24. The highest BCUT2D eigenvalue weighted by atomic mass is 79.9. The number of halogens is 1. The van der Waals surface area contributed by atoms with E-state index >= 15 is 0 Å². The van der Waals surface area contributed by atoms with Crippen LogP contribution in [0.4, 0.5) is 11.9 Å². The average Bonchev–Trinajstić information content (AvgIpc) is 3.56. The van der Waals surface area contributed by atoms with E-state index in [1.54, 1.807) is 6.08 Å². The van der Waals surface area contributed by atoms with E-state index in [1.807, 2.05) is 24.8 Å². The third-order valence-corrected chi connectivity index (χ3v) is 7.24. The van der Waals surface area contributed by atoms with Gasteiger partial charge in [0.25, 0.3) is 0 Å². The molecule has 6 nitrogen and oxygen atoms in total. The molecular weight excluding hydrogens is 428 g/mol. The Hall–Kier alpha value is -2.02. The monoisotopic (exact) mass is 454 g/mol. The first-order valence-corrected chi connectivity index (χ1v) is 11.4. The fourth-order valence-electron chi connectivity index (χ4n) is 5.38. The summed E-state index contributed by atoms with van der Waals surface area (Å²) >= 11 is 3.35. The predicted octanol–water partition coefficient (Wildman–Crippen LogP) is 4.34. The molecule has 0 N–H and O–H groups in total. The summed E-state index contributed by atoms with van der Waals surface area (Å²) in [6, 6.07) is 1.41. The Morgan fingerprint density at radius 2 is 1.28 bits per heavy atom. The normalized spacial score (nSPS) is 29.1. The number of nitrogens with zero attached hydrogens (tertiary/aromatic N) is 6. The molecule has 0 aromatic carbocycles. The van der Waals surface area contributed by atoms with Crippen LogP contribution in [0.25, 0.3) is 6.08 Å². The van der Waals surface area contributed by atoms with Crippen molar-refractivity contribution < 1.29 is 0 Å². The molecule has 2 aromatic heterocycles. The Labute approximate surface area is 180 Å². The molecular formula is C22H27BrN6. The molecule has 2 aliphatic heterocycles. The van der Waals surface area contributed by atoms with E-state index in [4.69, 9.17) is 0 Å². The van der Waals surface area contributed by atoms with Gasteiger partial charge in [-0.15, -0.1) is 0 Å². The Morgan fingerprint density at radius 3 is 1.66 bits per heavy atom. The Balaban J connectivity index is 0.000000125. The Morgan fingerprint density at radius 1 is 0.793 bits per heavy atom. The van der Waals surface area contributed by atoms with Crippen molar-refractivity contribution in [3.05, 3.63) is 41.4 Å². The van der Waals surface area contributed by atoms with Crippen molar-refractivity contribution in [3.8, 4) is 0 Å². The maximum Gasteiger partial charge on any atom is 0.225 e. The fourth-order valence-corrected chi connectivity index (χ4v) is 5.58. The van der Waals surface area contributed by atoms with Crippen LogP contribution in [0.1, 0.15) is 44.1 Å². The van der Waals surface area contributed by atoms with E-state index in [0.29, 0.717) is 12.1 Å². The summed E-state index contributed by atoms with van der Waals surface area (Å²) in [6.45, 7) is 6.01. The minimum Gasteiger partial charge on any atom is -0.338 e. The highest BCUT2D eigenvalue weighted by Gasteiger charge is 2.39. The lowest BCUT2D eigenvalue weighted by molar-refractivity contribution is 0.546. The van der Waals surface area contributed by atoms with Crippen molar-refractivity contribution >= 4 is 33.9 Å². The molecule has 4 bridgehead atoms. The number of piperidine rings is 2. The van der Waals surface area contributed by atoms with Crippen LogP contribution in [0.3, 0.4) is 0 Å². The maximum absolute atomic E-state index is 4.39.